The maximum Gasteiger partial charge on any atom is 0.451 e. The molecular formula is C7H2ClF3IN3. The van der Waals surface area contributed by atoms with Gasteiger partial charge >= 0.3 is 6.18 Å². The van der Waals surface area contributed by atoms with Gasteiger partial charge in [-0.2, -0.15) is 13.2 Å². The average molecular weight is 347 g/mol. The van der Waals surface area contributed by atoms with E-state index in [4.69, 9.17) is 11.6 Å². The summed E-state index contributed by atoms with van der Waals surface area (Å²) in [6.45, 7) is 0. The van der Waals surface area contributed by atoms with E-state index in [1.165, 1.54) is 6.20 Å². The molecule has 0 fully saturated rings. The Morgan fingerprint density at radius 3 is 2.60 bits per heavy atom. The molecule has 2 heterocycles. The predicted molar refractivity (Wildman–Crippen MR) is 56.6 cm³/mol. The first kappa shape index (κ1) is 10.9. The van der Waals surface area contributed by atoms with Crippen LogP contribution in [0.2, 0.25) is 5.15 Å². The van der Waals surface area contributed by atoms with Crippen molar-refractivity contribution in [1.82, 2.24) is 15.0 Å². The normalized spacial score (nSPS) is 12.3. The van der Waals surface area contributed by atoms with E-state index in [2.05, 4.69) is 15.0 Å². The van der Waals surface area contributed by atoms with E-state index in [9.17, 15) is 13.2 Å². The van der Waals surface area contributed by atoms with Crippen LogP contribution in [0, 0.1) is 3.57 Å². The molecule has 0 amide bonds. The molecule has 0 saturated carbocycles. The van der Waals surface area contributed by atoms with Crippen LogP contribution in [0.1, 0.15) is 5.82 Å². The number of hydrogen-bond acceptors (Lipinski definition) is 2. The molecule has 0 saturated heterocycles. The Balaban J connectivity index is 2.74. The number of nitrogens with zero attached hydrogens (tertiary/aromatic N) is 2. The molecule has 0 bridgehead atoms. The summed E-state index contributed by atoms with van der Waals surface area (Å²) in [6.07, 6.45) is -3.07. The predicted octanol–water partition coefficient (Wildman–Crippen LogP) is 3.23. The van der Waals surface area contributed by atoms with Crippen LogP contribution in [-0.2, 0) is 6.18 Å². The summed E-state index contributed by atoms with van der Waals surface area (Å²) in [6, 6.07) is 0. The maximum absolute atomic E-state index is 12.3. The molecule has 0 spiro atoms. The monoisotopic (exact) mass is 347 g/mol. The van der Waals surface area contributed by atoms with Gasteiger partial charge in [-0.3, -0.25) is 0 Å². The average Bonchev–Trinajstić information content (AvgIpc) is 2.46. The molecule has 0 aliphatic heterocycles. The second-order valence-electron chi connectivity index (χ2n) is 2.70. The standard InChI is InChI=1S/C7H2ClF3IN3/c8-4-3-2(12)1-13-5(3)15-6(14-4)7(9,10)11/h1H,(H,13,14,15). The van der Waals surface area contributed by atoms with Crippen LogP contribution in [0.3, 0.4) is 0 Å². The Bertz CT molecular complexity index is 522. The fourth-order valence-corrected chi connectivity index (χ4v) is 2.18. The van der Waals surface area contributed by atoms with Crippen molar-refractivity contribution in [2.45, 2.75) is 6.18 Å². The van der Waals surface area contributed by atoms with Crippen molar-refractivity contribution < 1.29 is 13.2 Å². The number of rotatable bonds is 0. The first-order valence-electron chi connectivity index (χ1n) is 3.67. The number of fused-ring (bicyclic) bond motifs is 1. The molecule has 8 heteroatoms. The summed E-state index contributed by atoms with van der Waals surface area (Å²) < 4.78 is 37.6. The molecule has 0 unspecified atom stereocenters. The lowest BCUT2D eigenvalue weighted by Crippen LogP contribution is -2.11. The smallest absolute Gasteiger partial charge is 0.345 e. The van der Waals surface area contributed by atoms with Crippen molar-refractivity contribution in [2.75, 3.05) is 0 Å². The highest BCUT2D eigenvalue weighted by Crippen LogP contribution is 2.31. The summed E-state index contributed by atoms with van der Waals surface area (Å²) in [5.74, 6) is -1.24. The lowest BCUT2D eigenvalue weighted by Gasteiger charge is -2.04. The van der Waals surface area contributed by atoms with E-state index in [-0.39, 0.29) is 10.8 Å². The molecule has 3 nitrogen and oxygen atoms in total. The van der Waals surface area contributed by atoms with E-state index >= 15 is 0 Å². The minimum Gasteiger partial charge on any atom is -0.345 e. The first-order valence-corrected chi connectivity index (χ1v) is 5.12. The third-order valence-corrected chi connectivity index (χ3v) is 2.82. The fourth-order valence-electron chi connectivity index (χ4n) is 1.08. The number of halogens is 5. The number of H-pyrrole nitrogens is 1. The number of hydrogen-bond donors (Lipinski definition) is 1. The Labute approximate surface area is 100 Å². The topological polar surface area (TPSA) is 41.6 Å². The van der Waals surface area contributed by atoms with Crippen molar-refractivity contribution in [3.63, 3.8) is 0 Å². The molecule has 1 N–H and O–H groups in total. The van der Waals surface area contributed by atoms with E-state index in [1.807, 2.05) is 22.6 Å². The Hall–Kier alpha value is -0.570. The number of alkyl halides is 3. The lowest BCUT2D eigenvalue weighted by molar-refractivity contribution is -0.144. The van der Waals surface area contributed by atoms with Crippen molar-refractivity contribution in [2.24, 2.45) is 0 Å². The summed E-state index contributed by atoms with van der Waals surface area (Å²) in [5.41, 5.74) is 0.0896. The highest BCUT2D eigenvalue weighted by Gasteiger charge is 2.35. The van der Waals surface area contributed by atoms with Crippen LogP contribution in [0.4, 0.5) is 13.2 Å². The number of aromatic amines is 1. The summed E-state index contributed by atoms with van der Waals surface area (Å²) >= 11 is 7.57. The summed E-state index contributed by atoms with van der Waals surface area (Å²) in [4.78, 5) is 9.16. The van der Waals surface area contributed by atoms with Crippen LogP contribution in [0.25, 0.3) is 11.0 Å². The minimum absolute atomic E-state index is 0.0896. The molecule has 0 aromatic carbocycles. The SMILES string of the molecule is FC(F)(F)c1nc(Cl)c2c(I)c[nH]c2n1. The van der Waals surface area contributed by atoms with Gasteiger partial charge in [0, 0.05) is 9.77 Å². The van der Waals surface area contributed by atoms with E-state index in [1.54, 1.807) is 0 Å². The molecular weight excluding hydrogens is 345 g/mol. The highest BCUT2D eigenvalue weighted by atomic mass is 127. The first-order chi connectivity index (χ1) is 6.89. The van der Waals surface area contributed by atoms with Crippen molar-refractivity contribution in [3.8, 4) is 0 Å². The Morgan fingerprint density at radius 2 is 2.00 bits per heavy atom. The molecule has 80 valence electrons. The zero-order valence-corrected chi connectivity index (χ0v) is 9.78. The number of nitrogens with one attached hydrogen (secondary N) is 1. The van der Waals surface area contributed by atoms with Gasteiger partial charge in [0.15, 0.2) is 0 Å². The molecule has 0 aliphatic rings. The van der Waals surface area contributed by atoms with Crippen LogP contribution < -0.4 is 0 Å². The maximum atomic E-state index is 12.3. The van der Waals surface area contributed by atoms with Gasteiger partial charge in [-0.15, -0.1) is 0 Å². The quantitative estimate of drug-likeness (QED) is 0.587. The van der Waals surface area contributed by atoms with Crippen LogP contribution in [0.15, 0.2) is 6.20 Å². The molecule has 2 aromatic rings. The zero-order chi connectivity index (χ0) is 11.2. The van der Waals surface area contributed by atoms with Gasteiger partial charge in [0.2, 0.25) is 5.82 Å². The van der Waals surface area contributed by atoms with Gasteiger partial charge in [-0.25, -0.2) is 9.97 Å². The van der Waals surface area contributed by atoms with Gasteiger partial charge in [-0.05, 0) is 22.6 Å². The van der Waals surface area contributed by atoms with Crippen LogP contribution in [0.5, 0.6) is 0 Å². The largest absolute Gasteiger partial charge is 0.451 e. The third-order valence-electron chi connectivity index (χ3n) is 1.69. The van der Waals surface area contributed by atoms with E-state index < -0.39 is 12.0 Å². The van der Waals surface area contributed by atoms with E-state index in [0.717, 1.165) is 0 Å². The second-order valence-corrected chi connectivity index (χ2v) is 4.22. The van der Waals surface area contributed by atoms with E-state index in [0.29, 0.717) is 8.96 Å². The van der Waals surface area contributed by atoms with Crippen molar-refractivity contribution in [1.29, 1.82) is 0 Å². The van der Waals surface area contributed by atoms with Crippen LogP contribution in [-0.4, -0.2) is 15.0 Å². The van der Waals surface area contributed by atoms with Gasteiger partial charge in [0.1, 0.15) is 10.8 Å². The molecule has 15 heavy (non-hydrogen) atoms. The Morgan fingerprint density at radius 1 is 1.33 bits per heavy atom. The van der Waals surface area contributed by atoms with Gasteiger partial charge in [0.05, 0.1) is 5.39 Å². The van der Waals surface area contributed by atoms with Crippen molar-refractivity contribution >= 4 is 45.2 Å². The molecule has 0 radical (unpaired) electrons. The molecule has 2 rings (SSSR count). The van der Waals surface area contributed by atoms with Gasteiger partial charge < -0.3 is 4.98 Å². The fraction of sp³-hybridized carbons (Fsp3) is 0.143. The molecule has 2 aromatic heterocycles. The van der Waals surface area contributed by atoms with Gasteiger partial charge in [0.25, 0.3) is 0 Å². The summed E-state index contributed by atoms with van der Waals surface area (Å²) in [5, 5.41) is 0.211. The second kappa shape index (κ2) is 3.48. The molecule has 0 atom stereocenters. The van der Waals surface area contributed by atoms with Crippen molar-refractivity contribution in [3.05, 3.63) is 20.7 Å². The third kappa shape index (κ3) is 1.89. The minimum atomic E-state index is -4.59. The number of aromatic nitrogens is 3. The lowest BCUT2D eigenvalue weighted by atomic mass is 10.4. The highest BCUT2D eigenvalue weighted by molar-refractivity contribution is 14.1. The summed E-state index contributed by atoms with van der Waals surface area (Å²) in [7, 11) is 0. The zero-order valence-electron chi connectivity index (χ0n) is 6.86. The van der Waals surface area contributed by atoms with Crippen LogP contribution >= 0.6 is 34.2 Å². The Kier molecular flexibility index (Phi) is 2.53. The van der Waals surface area contributed by atoms with Gasteiger partial charge in [-0.1, -0.05) is 11.6 Å². The molecule has 0 aliphatic carbocycles.